The number of benzene rings is 1. The average molecular weight is 304 g/mol. The third kappa shape index (κ3) is 2.10. The van der Waals surface area contributed by atoms with Gasteiger partial charge in [0.05, 0.1) is 6.61 Å². The molecule has 1 aromatic carbocycles. The van der Waals surface area contributed by atoms with Crippen LogP contribution in [0.4, 0.5) is 0 Å². The molecular weight excluding hydrogens is 291 g/mol. The van der Waals surface area contributed by atoms with Gasteiger partial charge in [0.25, 0.3) is 0 Å². The van der Waals surface area contributed by atoms with Crippen molar-refractivity contribution in [3.63, 3.8) is 0 Å². The van der Waals surface area contributed by atoms with Gasteiger partial charge in [0, 0.05) is 3.57 Å². The van der Waals surface area contributed by atoms with Crippen LogP contribution in [0.5, 0.6) is 0 Å². The zero-order valence-electron chi connectivity index (χ0n) is 8.29. The van der Waals surface area contributed by atoms with Crippen molar-refractivity contribution in [1.29, 1.82) is 0 Å². The molecule has 1 fully saturated rings. The van der Waals surface area contributed by atoms with Crippen molar-refractivity contribution in [1.82, 2.24) is 0 Å². The van der Waals surface area contributed by atoms with Gasteiger partial charge >= 0.3 is 0 Å². The highest BCUT2D eigenvalue weighted by atomic mass is 127. The van der Waals surface area contributed by atoms with Crippen molar-refractivity contribution in [3.8, 4) is 0 Å². The lowest BCUT2D eigenvalue weighted by atomic mass is 10.1. The van der Waals surface area contributed by atoms with E-state index in [0.29, 0.717) is 6.61 Å². The molecule has 2 rings (SSSR count). The minimum absolute atomic E-state index is 0.0816. The predicted octanol–water partition coefficient (Wildman–Crippen LogP) is 3.12. The molecule has 2 nitrogen and oxygen atoms in total. The van der Waals surface area contributed by atoms with E-state index in [0.717, 1.165) is 0 Å². The fourth-order valence-electron chi connectivity index (χ4n) is 1.58. The lowest BCUT2D eigenvalue weighted by Crippen LogP contribution is -2.19. The Morgan fingerprint density at radius 2 is 2.07 bits per heavy atom. The molecular formula is C11H13IO2. The second-order valence-electron chi connectivity index (χ2n) is 3.84. The van der Waals surface area contributed by atoms with E-state index in [-0.39, 0.29) is 6.10 Å². The van der Waals surface area contributed by atoms with Crippen LogP contribution >= 0.6 is 22.6 Å². The number of hydrogen-bond acceptors (Lipinski definition) is 2. The summed E-state index contributed by atoms with van der Waals surface area (Å²) in [5.74, 6) is -0.441. The van der Waals surface area contributed by atoms with Gasteiger partial charge in [-0.05, 0) is 48.1 Å². The molecule has 0 N–H and O–H groups in total. The summed E-state index contributed by atoms with van der Waals surface area (Å²) in [4.78, 5) is 0. The predicted molar refractivity (Wildman–Crippen MR) is 63.0 cm³/mol. The highest BCUT2D eigenvalue weighted by Crippen LogP contribution is 2.34. The monoisotopic (exact) mass is 304 g/mol. The molecule has 0 radical (unpaired) electrons. The summed E-state index contributed by atoms with van der Waals surface area (Å²) in [6.07, 6.45) is 0.0816. The van der Waals surface area contributed by atoms with E-state index in [4.69, 9.17) is 9.47 Å². The summed E-state index contributed by atoms with van der Waals surface area (Å²) in [6.45, 7) is 4.54. The summed E-state index contributed by atoms with van der Waals surface area (Å²) >= 11 is 2.33. The Bertz CT molecular complexity index is 336. The first-order chi connectivity index (χ1) is 6.58. The van der Waals surface area contributed by atoms with Gasteiger partial charge < -0.3 is 9.47 Å². The van der Waals surface area contributed by atoms with Crippen LogP contribution in [0.2, 0.25) is 0 Å². The highest BCUT2D eigenvalue weighted by Gasteiger charge is 2.34. The summed E-state index contributed by atoms with van der Waals surface area (Å²) in [6, 6.07) is 8.25. The number of rotatable bonds is 1. The fourth-order valence-corrected chi connectivity index (χ4v) is 2.31. The normalized spacial score (nSPS) is 25.2. The molecule has 0 aliphatic carbocycles. The summed E-state index contributed by atoms with van der Waals surface area (Å²) < 4.78 is 12.6. The van der Waals surface area contributed by atoms with E-state index in [1.807, 2.05) is 26.0 Å². The molecule has 76 valence electrons. The summed E-state index contributed by atoms with van der Waals surface area (Å²) in [7, 11) is 0. The van der Waals surface area contributed by atoms with Crippen molar-refractivity contribution in [2.24, 2.45) is 0 Å². The fraction of sp³-hybridized carbons (Fsp3) is 0.455. The smallest absolute Gasteiger partial charge is 0.163 e. The van der Waals surface area contributed by atoms with E-state index in [2.05, 4.69) is 34.7 Å². The molecule has 3 heteroatoms. The molecule has 1 saturated heterocycles. The Morgan fingerprint density at radius 1 is 1.36 bits per heavy atom. The second-order valence-corrected chi connectivity index (χ2v) is 5.00. The molecule has 0 saturated carbocycles. The zero-order valence-corrected chi connectivity index (χ0v) is 10.4. The Labute approximate surface area is 97.7 Å². The first kappa shape index (κ1) is 10.4. The van der Waals surface area contributed by atoms with Gasteiger partial charge in [0.15, 0.2) is 5.79 Å². The molecule has 0 aromatic heterocycles. The Balaban J connectivity index is 2.22. The molecule has 1 heterocycles. The Morgan fingerprint density at radius 3 is 2.64 bits per heavy atom. The minimum atomic E-state index is -0.441. The molecule has 0 spiro atoms. The molecule has 1 aliphatic rings. The van der Waals surface area contributed by atoms with E-state index >= 15 is 0 Å². The largest absolute Gasteiger partial charge is 0.347 e. The van der Waals surface area contributed by atoms with Crippen LogP contribution in [-0.2, 0) is 9.47 Å². The van der Waals surface area contributed by atoms with Gasteiger partial charge in [0.2, 0.25) is 0 Å². The van der Waals surface area contributed by atoms with Gasteiger partial charge in [-0.2, -0.15) is 0 Å². The SMILES string of the molecule is CC1(C)OCC(c2ccccc2I)O1. The van der Waals surface area contributed by atoms with E-state index < -0.39 is 5.79 Å². The zero-order chi connectivity index (χ0) is 10.2. The van der Waals surface area contributed by atoms with Crippen LogP contribution in [0.25, 0.3) is 0 Å². The first-order valence-electron chi connectivity index (χ1n) is 4.65. The molecule has 1 aromatic rings. The van der Waals surface area contributed by atoms with Crippen LogP contribution in [0.15, 0.2) is 24.3 Å². The maximum absolute atomic E-state index is 5.79. The van der Waals surface area contributed by atoms with Crippen LogP contribution in [0.3, 0.4) is 0 Å². The van der Waals surface area contributed by atoms with Crippen molar-refractivity contribution in [2.45, 2.75) is 25.7 Å². The van der Waals surface area contributed by atoms with Crippen LogP contribution in [0.1, 0.15) is 25.5 Å². The second kappa shape index (κ2) is 3.79. The Hall–Kier alpha value is -0.130. The van der Waals surface area contributed by atoms with Crippen LogP contribution in [-0.4, -0.2) is 12.4 Å². The number of hydrogen-bond donors (Lipinski definition) is 0. The van der Waals surface area contributed by atoms with E-state index in [1.54, 1.807) is 0 Å². The molecule has 1 atom stereocenters. The van der Waals surface area contributed by atoms with Gasteiger partial charge in [-0.3, -0.25) is 0 Å². The van der Waals surface area contributed by atoms with E-state index in [9.17, 15) is 0 Å². The standard InChI is InChI=1S/C11H13IO2/c1-11(2)13-7-10(14-11)8-5-3-4-6-9(8)12/h3-6,10H,7H2,1-2H3. The number of ether oxygens (including phenoxy) is 2. The lowest BCUT2D eigenvalue weighted by Gasteiger charge is -2.17. The molecule has 0 bridgehead atoms. The Kier molecular flexibility index (Phi) is 2.81. The van der Waals surface area contributed by atoms with Crippen molar-refractivity contribution < 1.29 is 9.47 Å². The third-order valence-electron chi connectivity index (χ3n) is 2.26. The van der Waals surface area contributed by atoms with Gasteiger partial charge in [0.1, 0.15) is 6.10 Å². The third-order valence-corrected chi connectivity index (χ3v) is 3.24. The average Bonchev–Trinajstić information content (AvgIpc) is 2.47. The molecule has 0 amide bonds. The lowest BCUT2D eigenvalue weighted by molar-refractivity contribution is -0.139. The van der Waals surface area contributed by atoms with Crippen molar-refractivity contribution in [3.05, 3.63) is 33.4 Å². The molecule has 1 unspecified atom stereocenters. The van der Waals surface area contributed by atoms with E-state index in [1.165, 1.54) is 9.13 Å². The number of halogens is 1. The molecule has 14 heavy (non-hydrogen) atoms. The van der Waals surface area contributed by atoms with Crippen LogP contribution in [0, 0.1) is 3.57 Å². The highest BCUT2D eigenvalue weighted by molar-refractivity contribution is 14.1. The quantitative estimate of drug-likeness (QED) is 0.742. The van der Waals surface area contributed by atoms with Gasteiger partial charge in [-0.25, -0.2) is 0 Å². The van der Waals surface area contributed by atoms with Crippen LogP contribution < -0.4 is 0 Å². The first-order valence-corrected chi connectivity index (χ1v) is 5.72. The van der Waals surface area contributed by atoms with Crippen molar-refractivity contribution >= 4 is 22.6 Å². The van der Waals surface area contributed by atoms with Crippen molar-refractivity contribution in [2.75, 3.05) is 6.61 Å². The topological polar surface area (TPSA) is 18.5 Å². The summed E-state index contributed by atoms with van der Waals surface area (Å²) in [5, 5.41) is 0. The summed E-state index contributed by atoms with van der Waals surface area (Å²) in [5.41, 5.74) is 1.22. The maximum Gasteiger partial charge on any atom is 0.163 e. The maximum atomic E-state index is 5.79. The molecule has 1 aliphatic heterocycles. The van der Waals surface area contributed by atoms with Gasteiger partial charge in [-0.15, -0.1) is 0 Å². The minimum Gasteiger partial charge on any atom is -0.347 e. The van der Waals surface area contributed by atoms with Gasteiger partial charge in [-0.1, -0.05) is 18.2 Å².